The van der Waals surface area contributed by atoms with E-state index in [1.54, 1.807) is 0 Å². The molecule has 2 atom stereocenters. The summed E-state index contributed by atoms with van der Waals surface area (Å²) in [7, 11) is 0. The van der Waals surface area contributed by atoms with Crippen molar-refractivity contribution in [2.75, 3.05) is 13.1 Å². The molecular weight excluding hydrogens is 432 g/mol. The number of likely N-dealkylation sites (tertiary alicyclic amines) is 1. The molecule has 5 nitrogen and oxygen atoms in total. The summed E-state index contributed by atoms with van der Waals surface area (Å²) in [6.45, 7) is 3.81. The number of guanidine groups is 1. The van der Waals surface area contributed by atoms with Crippen LogP contribution >= 0.6 is 0 Å². The minimum Gasteiger partial charge on any atom is -0.370 e. The van der Waals surface area contributed by atoms with Gasteiger partial charge < -0.3 is 5.73 Å². The second kappa shape index (κ2) is 11.0. The lowest BCUT2D eigenvalue weighted by molar-refractivity contribution is -0.122. The number of hydrogen-bond acceptors (Lipinski definition) is 3. The van der Waals surface area contributed by atoms with E-state index in [4.69, 9.17) is 5.73 Å². The monoisotopic (exact) mass is 468 g/mol. The van der Waals surface area contributed by atoms with Crippen LogP contribution in [0.4, 0.5) is 0 Å². The molecule has 5 rings (SSSR count). The molecule has 0 bridgehead atoms. The van der Waals surface area contributed by atoms with Gasteiger partial charge in [0, 0.05) is 13.0 Å². The number of piperidine rings is 1. The van der Waals surface area contributed by atoms with E-state index in [1.165, 1.54) is 35.6 Å². The summed E-state index contributed by atoms with van der Waals surface area (Å²) in [5.41, 5.74) is 8.57. The van der Waals surface area contributed by atoms with Crippen LogP contribution in [-0.4, -0.2) is 29.9 Å². The Kier molecular flexibility index (Phi) is 7.43. The second-order valence-corrected chi connectivity index (χ2v) is 10.2. The van der Waals surface area contributed by atoms with E-state index in [-0.39, 0.29) is 11.9 Å². The number of carbonyl (C=O) groups is 1. The van der Waals surface area contributed by atoms with Crippen molar-refractivity contribution in [3.05, 3.63) is 83.9 Å². The number of rotatable bonds is 7. The van der Waals surface area contributed by atoms with E-state index in [0.29, 0.717) is 24.8 Å². The van der Waals surface area contributed by atoms with Crippen LogP contribution in [0.15, 0.2) is 77.8 Å². The number of hydrogen-bond donors (Lipinski definition) is 2. The van der Waals surface area contributed by atoms with Gasteiger partial charge in [0.15, 0.2) is 5.96 Å². The quantitative estimate of drug-likeness (QED) is 0.374. The van der Waals surface area contributed by atoms with Crippen LogP contribution in [0.25, 0.3) is 10.8 Å². The molecule has 35 heavy (non-hydrogen) atoms. The van der Waals surface area contributed by atoms with E-state index in [1.807, 2.05) is 18.2 Å². The summed E-state index contributed by atoms with van der Waals surface area (Å²) in [5.74, 6) is 2.11. The topological polar surface area (TPSA) is 70.7 Å². The van der Waals surface area contributed by atoms with Crippen molar-refractivity contribution >= 4 is 22.6 Å². The lowest BCUT2D eigenvalue weighted by atomic mass is 9.63. The third-order valence-electron chi connectivity index (χ3n) is 7.98. The molecule has 5 heteroatoms. The molecule has 2 unspecified atom stereocenters. The average Bonchev–Trinajstić information content (AvgIpc) is 2.87. The van der Waals surface area contributed by atoms with E-state index >= 15 is 0 Å². The third-order valence-corrected chi connectivity index (χ3v) is 7.98. The second-order valence-electron chi connectivity index (χ2n) is 10.2. The molecule has 182 valence electrons. The maximum absolute atomic E-state index is 12.7. The summed E-state index contributed by atoms with van der Waals surface area (Å²) in [4.78, 5) is 19.7. The average molecular weight is 469 g/mol. The van der Waals surface area contributed by atoms with Crippen LogP contribution in [0.2, 0.25) is 0 Å². The zero-order chi connectivity index (χ0) is 24.0. The number of nitrogens with one attached hydrogen (secondary N) is 1. The maximum Gasteiger partial charge on any atom is 0.226 e. The molecule has 1 saturated heterocycles. The number of nitrogens with two attached hydrogens (primary N) is 1. The third kappa shape index (κ3) is 5.91. The van der Waals surface area contributed by atoms with Gasteiger partial charge in [-0.15, -0.1) is 0 Å². The number of aliphatic imine (C=N–C) groups is 1. The standard InChI is InChI=1S/C30H36N4O/c31-30(32-20-26-11-6-10-23-9-4-5-12-27(23)26)33-29(35)19-25-13-14-28(25)24-15-17-34(18-16-24)21-22-7-2-1-3-8-22/h1-12,24-25,28H,13-21H2,(H3,31,32,33,35). The molecule has 2 fully saturated rings. The Morgan fingerprint density at radius 1 is 0.914 bits per heavy atom. The fourth-order valence-electron chi connectivity index (χ4n) is 5.92. The highest BCUT2D eigenvalue weighted by Gasteiger charge is 2.39. The Morgan fingerprint density at radius 2 is 1.66 bits per heavy atom. The van der Waals surface area contributed by atoms with Crippen molar-refractivity contribution in [3.63, 3.8) is 0 Å². The van der Waals surface area contributed by atoms with Crippen molar-refractivity contribution in [1.29, 1.82) is 0 Å². The first-order valence-corrected chi connectivity index (χ1v) is 13.0. The number of nitrogens with zero attached hydrogens (tertiary/aromatic N) is 2. The van der Waals surface area contributed by atoms with Crippen LogP contribution in [0.3, 0.4) is 0 Å². The molecule has 0 spiro atoms. The van der Waals surface area contributed by atoms with Crippen LogP contribution < -0.4 is 11.1 Å². The molecule has 1 aliphatic carbocycles. The van der Waals surface area contributed by atoms with E-state index in [2.05, 4.69) is 69.8 Å². The maximum atomic E-state index is 12.7. The highest BCUT2D eigenvalue weighted by molar-refractivity contribution is 5.96. The lowest BCUT2D eigenvalue weighted by Gasteiger charge is -2.45. The van der Waals surface area contributed by atoms with E-state index in [0.717, 1.165) is 37.5 Å². The predicted molar refractivity (Wildman–Crippen MR) is 143 cm³/mol. The van der Waals surface area contributed by atoms with Gasteiger partial charge in [0.25, 0.3) is 0 Å². The normalized spacial score (nSPS) is 21.5. The fourth-order valence-corrected chi connectivity index (χ4v) is 5.92. The molecule has 3 aromatic carbocycles. The first-order valence-electron chi connectivity index (χ1n) is 13.0. The molecule has 0 aromatic heterocycles. The summed E-state index contributed by atoms with van der Waals surface area (Å²) < 4.78 is 0. The predicted octanol–water partition coefficient (Wildman–Crippen LogP) is 5.10. The van der Waals surface area contributed by atoms with Gasteiger partial charge in [-0.2, -0.15) is 0 Å². The van der Waals surface area contributed by atoms with Gasteiger partial charge in [-0.25, -0.2) is 4.99 Å². The molecule has 3 aromatic rings. The van der Waals surface area contributed by atoms with Crippen LogP contribution in [0, 0.1) is 17.8 Å². The molecule has 0 radical (unpaired) electrons. The Hall–Kier alpha value is -3.18. The van der Waals surface area contributed by atoms with Crippen LogP contribution in [0.5, 0.6) is 0 Å². The zero-order valence-electron chi connectivity index (χ0n) is 20.4. The Labute approximate surface area is 208 Å². The smallest absolute Gasteiger partial charge is 0.226 e. The first kappa shape index (κ1) is 23.6. The SMILES string of the molecule is NC(=NCc1cccc2ccccc12)NC(=O)CC1CCC1C1CCN(Cc2ccccc2)CC1. The Bertz CT molecular complexity index is 1160. The highest BCUT2D eigenvalue weighted by atomic mass is 16.1. The molecule has 2 aliphatic rings. The largest absolute Gasteiger partial charge is 0.370 e. The van der Waals surface area contributed by atoms with E-state index in [9.17, 15) is 4.79 Å². The van der Waals surface area contributed by atoms with Gasteiger partial charge in [-0.05, 0) is 78.4 Å². The van der Waals surface area contributed by atoms with Crippen molar-refractivity contribution in [1.82, 2.24) is 10.2 Å². The van der Waals surface area contributed by atoms with Crippen molar-refractivity contribution < 1.29 is 4.79 Å². The van der Waals surface area contributed by atoms with Gasteiger partial charge in [0.2, 0.25) is 5.91 Å². The highest BCUT2D eigenvalue weighted by Crippen LogP contribution is 2.45. The van der Waals surface area contributed by atoms with Gasteiger partial charge in [0.1, 0.15) is 0 Å². The minimum atomic E-state index is 0.000355. The summed E-state index contributed by atoms with van der Waals surface area (Å²) in [5, 5.41) is 5.19. The summed E-state index contributed by atoms with van der Waals surface area (Å²) >= 11 is 0. The Balaban J connectivity index is 1.08. The first-order chi connectivity index (χ1) is 17.2. The number of benzene rings is 3. The van der Waals surface area contributed by atoms with Crippen molar-refractivity contribution in [2.24, 2.45) is 28.5 Å². The van der Waals surface area contributed by atoms with Gasteiger partial charge in [0.05, 0.1) is 6.54 Å². The lowest BCUT2D eigenvalue weighted by Crippen LogP contribution is -2.43. The van der Waals surface area contributed by atoms with Crippen LogP contribution in [0.1, 0.15) is 43.2 Å². The molecule has 1 aliphatic heterocycles. The van der Waals surface area contributed by atoms with Crippen molar-refractivity contribution in [3.8, 4) is 0 Å². The minimum absolute atomic E-state index is 0.000355. The van der Waals surface area contributed by atoms with Gasteiger partial charge >= 0.3 is 0 Å². The van der Waals surface area contributed by atoms with Gasteiger partial charge in [-0.1, -0.05) is 72.8 Å². The molecule has 3 N–H and O–H groups in total. The van der Waals surface area contributed by atoms with Gasteiger partial charge in [-0.3, -0.25) is 15.0 Å². The summed E-state index contributed by atoms with van der Waals surface area (Å²) in [6.07, 6.45) is 5.44. The number of amides is 1. The number of fused-ring (bicyclic) bond motifs is 1. The fraction of sp³-hybridized carbons (Fsp3) is 0.400. The van der Waals surface area contributed by atoms with Crippen LogP contribution in [-0.2, 0) is 17.9 Å². The number of carbonyl (C=O) groups excluding carboxylic acids is 1. The molecular formula is C30H36N4O. The molecule has 1 saturated carbocycles. The van der Waals surface area contributed by atoms with E-state index < -0.39 is 0 Å². The Morgan fingerprint density at radius 3 is 2.43 bits per heavy atom. The summed E-state index contributed by atoms with van der Waals surface area (Å²) in [6, 6.07) is 25.2. The molecule has 1 heterocycles. The van der Waals surface area contributed by atoms with Crippen molar-refractivity contribution in [2.45, 2.75) is 45.2 Å². The zero-order valence-corrected chi connectivity index (χ0v) is 20.4. The molecule has 1 amide bonds.